The van der Waals surface area contributed by atoms with Gasteiger partial charge >= 0.3 is 0 Å². The minimum atomic E-state index is -0.0296. The van der Waals surface area contributed by atoms with Crippen LogP contribution in [0.25, 0.3) is 0 Å². The Balaban J connectivity index is 1.70. The van der Waals surface area contributed by atoms with Gasteiger partial charge in [0.05, 0.1) is 18.8 Å². The van der Waals surface area contributed by atoms with Crippen molar-refractivity contribution in [1.29, 1.82) is 0 Å². The number of thioether (sulfide) groups is 1. The van der Waals surface area contributed by atoms with Crippen molar-refractivity contribution in [3.63, 3.8) is 0 Å². The molecule has 1 aromatic heterocycles. The average molecular weight is 311 g/mol. The quantitative estimate of drug-likeness (QED) is 0.798. The van der Waals surface area contributed by atoms with Crippen molar-refractivity contribution < 1.29 is 9.53 Å². The van der Waals surface area contributed by atoms with Crippen LogP contribution in [0, 0.1) is 0 Å². The third-order valence-electron chi connectivity index (χ3n) is 4.01. The van der Waals surface area contributed by atoms with Crippen LogP contribution in [-0.4, -0.2) is 76.7 Å². The van der Waals surface area contributed by atoms with Gasteiger partial charge in [-0.1, -0.05) is 5.21 Å². The molecule has 1 unspecified atom stereocenters. The summed E-state index contributed by atoms with van der Waals surface area (Å²) in [4.78, 5) is 14.6. The van der Waals surface area contributed by atoms with Gasteiger partial charge in [0.1, 0.15) is 0 Å². The van der Waals surface area contributed by atoms with Crippen molar-refractivity contribution >= 4 is 17.7 Å². The third kappa shape index (κ3) is 3.22. The summed E-state index contributed by atoms with van der Waals surface area (Å²) >= 11 is 1.90. The second kappa shape index (κ2) is 6.76. The van der Waals surface area contributed by atoms with Crippen molar-refractivity contribution in [1.82, 2.24) is 25.2 Å². The summed E-state index contributed by atoms with van der Waals surface area (Å²) in [6.45, 7) is 2.94. The second-order valence-corrected chi connectivity index (χ2v) is 6.55. The van der Waals surface area contributed by atoms with Crippen LogP contribution >= 0.6 is 11.8 Å². The Hall–Kier alpha value is -1.12. The molecule has 2 fully saturated rings. The van der Waals surface area contributed by atoms with E-state index in [1.54, 1.807) is 18.0 Å². The molecule has 0 aromatic carbocycles. The summed E-state index contributed by atoms with van der Waals surface area (Å²) in [5.41, 5.74) is 0.440. The van der Waals surface area contributed by atoms with Gasteiger partial charge in [-0.3, -0.25) is 4.79 Å². The number of amides is 1. The molecule has 0 radical (unpaired) electrons. The van der Waals surface area contributed by atoms with Crippen LogP contribution in [0.15, 0.2) is 6.20 Å². The highest BCUT2D eigenvalue weighted by Crippen LogP contribution is 2.23. The fourth-order valence-electron chi connectivity index (χ4n) is 2.57. The SMILES string of the molecule is COCCN(C(=O)c1cn(C2CNC2)nn1)C1CCSC1. The summed E-state index contributed by atoms with van der Waals surface area (Å²) in [5, 5.41) is 11.3. The van der Waals surface area contributed by atoms with E-state index in [2.05, 4.69) is 15.6 Å². The number of hydrogen-bond donors (Lipinski definition) is 1. The first-order valence-corrected chi connectivity index (χ1v) is 8.45. The molecule has 1 atom stereocenters. The topological polar surface area (TPSA) is 72.3 Å². The first kappa shape index (κ1) is 14.8. The molecule has 1 N–H and O–H groups in total. The largest absolute Gasteiger partial charge is 0.383 e. The molecule has 116 valence electrons. The molecule has 0 bridgehead atoms. The number of ether oxygens (including phenoxy) is 1. The lowest BCUT2D eigenvalue weighted by Gasteiger charge is -2.28. The lowest BCUT2D eigenvalue weighted by atomic mass is 10.2. The van der Waals surface area contributed by atoms with Crippen LogP contribution in [0.4, 0.5) is 0 Å². The first-order chi connectivity index (χ1) is 10.3. The Labute approximate surface area is 128 Å². The summed E-state index contributed by atoms with van der Waals surface area (Å²) in [6, 6.07) is 0.613. The highest BCUT2D eigenvalue weighted by Gasteiger charge is 2.30. The monoisotopic (exact) mass is 311 g/mol. The number of nitrogens with zero attached hydrogens (tertiary/aromatic N) is 4. The zero-order valence-electron chi connectivity index (χ0n) is 12.2. The van der Waals surface area contributed by atoms with E-state index in [0.717, 1.165) is 31.0 Å². The van der Waals surface area contributed by atoms with E-state index in [1.165, 1.54) is 0 Å². The number of rotatable bonds is 6. The molecule has 1 aromatic rings. The van der Waals surface area contributed by atoms with Gasteiger partial charge in [0, 0.05) is 38.5 Å². The van der Waals surface area contributed by atoms with Gasteiger partial charge in [-0.05, 0) is 12.2 Å². The van der Waals surface area contributed by atoms with Crippen LogP contribution < -0.4 is 5.32 Å². The zero-order valence-corrected chi connectivity index (χ0v) is 13.0. The summed E-state index contributed by atoms with van der Waals surface area (Å²) in [5.74, 6) is 2.08. The summed E-state index contributed by atoms with van der Waals surface area (Å²) in [6.07, 6.45) is 2.82. The number of aromatic nitrogens is 3. The Morgan fingerprint density at radius 1 is 1.62 bits per heavy atom. The molecule has 3 rings (SSSR count). The average Bonchev–Trinajstić information content (AvgIpc) is 3.08. The van der Waals surface area contributed by atoms with Gasteiger partial charge in [-0.15, -0.1) is 5.10 Å². The van der Waals surface area contributed by atoms with Gasteiger partial charge in [-0.2, -0.15) is 11.8 Å². The second-order valence-electron chi connectivity index (χ2n) is 5.40. The fraction of sp³-hybridized carbons (Fsp3) is 0.769. The standard InChI is InChI=1S/C13H21N5O2S/c1-20-4-3-17(10-2-5-21-9-10)13(19)12-8-18(16-15-12)11-6-14-7-11/h8,10-11,14H,2-7,9H2,1H3. The van der Waals surface area contributed by atoms with Crippen molar-refractivity contribution in [2.45, 2.75) is 18.5 Å². The normalized spacial score (nSPS) is 22.2. The van der Waals surface area contributed by atoms with Crippen molar-refractivity contribution in [2.75, 3.05) is 44.9 Å². The van der Waals surface area contributed by atoms with E-state index in [9.17, 15) is 4.79 Å². The molecule has 3 heterocycles. The predicted octanol–water partition coefficient (Wildman–Crippen LogP) is 0.0165. The lowest BCUT2D eigenvalue weighted by Crippen LogP contribution is -2.44. The van der Waals surface area contributed by atoms with Gasteiger partial charge in [0.15, 0.2) is 5.69 Å². The smallest absolute Gasteiger partial charge is 0.276 e. The Bertz CT molecular complexity index is 485. The van der Waals surface area contributed by atoms with Gasteiger partial charge in [-0.25, -0.2) is 4.68 Å². The van der Waals surface area contributed by atoms with E-state index in [-0.39, 0.29) is 11.9 Å². The first-order valence-electron chi connectivity index (χ1n) is 7.30. The summed E-state index contributed by atoms with van der Waals surface area (Å²) < 4.78 is 6.93. The van der Waals surface area contributed by atoms with Gasteiger partial charge < -0.3 is 15.0 Å². The van der Waals surface area contributed by atoms with E-state index in [4.69, 9.17) is 4.74 Å². The maximum absolute atomic E-state index is 12.7. The highest BCUT2D eigenvalue weighted by atomic mass is 32.2. The van der Waals surface area contributed by atoms with Crippen molar-refractivity contribution in [3.05, 3.63) is 11.9 Å². The number of carbonyl (C=O) groups is 1. The molecule has 21 heavy (non-hydrogen) atoms. The van der Waals surface area contributed by atoms with Crippen LogP contribution in [0.2, 0.25) is 0 Å². The highest BCUT2D eigenvalue weighted by molar-refractivity contribution is 7.99. The zero-order chi connectivity index (χ0) is 14.7. The van der Waals surface area contributed by atoms with E-state index < -0.39 is 0 Å². The molecular formula is C13H21N5O2S. The number of carbonyl (C=O) groups excluding carboxylic acids is 1. The molecule has 2 saturated heterocycles. The van der Waals surface area contributed by atoms with Crippen molar-refractivity contribution in [2.24, 2.45) is 0 Å². The van der Waals surface area contributed by atoms with Crippen molar-refractivity contribution in [3.8, 4) is 0 Å². The number of nitrogens with one attached hydrogen (secondary N) is 1. The van der Waals surface area contributed by atoms with E-state index in [0.29, 0.717) is 24.9 Å². The van der Waals surface area contributed by atoms with Crippen LogP contribution in [0.3, 0.4) is 0 Å². The maximum atomic E-state index is 12.7. The third-order valence-corrected chi connectivity index (χ3v) is 5.15. The van der Waals surface area contributed by atoms with Gasteiger partial charge in [0.25, 0.3) is 5.91 Å². The predicted molar refractivity (Wildman–Crippen MR) is 80.6 cm³/mol. The Morgan fingerprint density at radius 2 is 2.48 bits per heavy atom. The maximum Gasteiger partial charge on any atom is 0.276 e. The Morgan fingerprint density at radius 3 is 3.10 bits per heavy atom. The number of hydrogen-bond acceptors (Lipinski definition) is 6. The minimum Gasteiger partial charge on any atom is -0.383 e. The molecule has 7 nitrogen and oxygen atoms in total. The van der Waals surface area contributed by atoms with Crippen LogP contribution in [0.5, 0.6) is 0 Å². The van der Waals surface area contributed by atoms with Crippen LogP contribution in [0.1, 0.15) is 23.0 Å². The lowest BCUT2D eigenvalue weighted by molar-refractivity contribution is 0.0618. The number of methoxy groups -OCH3 is 1. The summed E-state index contributed by atoms with van der Waals surface area (Å²) in [7, 11) is 1.66. The van der Waals surface area contributed by atoms with E-state index >= 15 is 0 Å². The molecule has 0 spiro atoms. The molecule has 0 saturated carbocycles. The molecule has 2 aliphatic rings. The molecule has 0 aliphatic carbocycles. The minimum absolute atomic E-state index is 0.0296. The molecule has 1 amide bonds. The molecular weight excluding hydrogens is 290 g/mol. The molecule has 8 heteroatoms. The Kier molecular flexibility index (Phi) is 4.77. The van der Waals surface area contributed by atoms with Gasteiger partial charge in [0.2, 0.25) is 0 Å². The van der Waals surface area contributed by atoms with Crippen LogP contribution in [-0.2, 0) is 4.74 Å². The van der Waals surface area contributed by atoms with E-state index in [1.807, 2.05) is 16.7 Å². The molecule has 2 aliphatic heterocycles. The fourth-order valence-corrected chi connectivity index (χ4v) is 3.79.